The second kappa shape index (κ2) is 10.6. The van der Waals surface area contributed by atoms with Crippen LogP contribution >= 0.6 is 11.8 Å². The van der Waals surface area contributed by atoms with E-state index in [9.17, 15) is 27.3 Å². The molecule has 0 N–H and O–H groups in total. The number of furan rings is 1. The number of hydrogen-bond acceptors (Lipinski definition) is 6. The third-order valence-electron chi connectivity index (χ3n) is 7.00. The molecule has 2 atom stereocenters. The molecule has 0 radical (unpaired) electrons. The lowest BCUT2D eigenvalue weighted by Gasteiger charge is -2.23. The molecule has 0 aliphatic carbocycles. The number of methoxy groups -OCH3 is 1. The summed E-state index contributed by atoms with van der Waals surface area (Å²) in [5, 5.41) is 3.42. The maximum Gasteiger partial charge on any atom is 0.416 e. The Bertz CT molecular complexity index is 1650. The number of thioether (sulfide) groups is 1. The minimum Gasteiger partial charge on any atom is -0.494 e. The average Bonchev–Trinajstić information content (AvgIpc) is 3.60. The monoisotopic (exact) mass is 576 g/mol. The fourth-order valence-corrected chi connectivity index (χ4v) is 6.51. The summed E-state index contributed by atoms with van der Waals surface area (Å²) in [7, 11) is 1.25. The number of aromatic nitrogens is 1. The number of benzene rings is 2. The smallest absolute Gasteiger partial charge is 0.416 e. The molecule has 1 aliphatic rings. The molecule has 1 aliphatic heterocycles. The Morgan fingerprint density at radius 2 is 1.88 bits per heavy atom. The maximum absolute atomic E-state index is 15.5. The van der Waals surface area contributed by atoms with E-state index in [4.69, 9.17) is 9.15 Å². The zero-order valence-electron chi connectivity index (χ0n) is 21.1. The van der Waals surface area contributed by atoms with E-state index in [1.165, 1.54) is 49.1 Å². The molecule has 0 bridgehead atoms. The summed E-state index contributed by atoms with van der Waals surface area (Å²) in [4.78, 5) is 26.0. The number of rotatable bonds is 7. The van der Waals surface area contributed by atoms with E-state index < -0.39 is 53.0 Å². The first kappa shape index (κ1) is 27.6. The SMILES string of the molecule is COc1cccc(-c2c(C)c(Cc3c(F)cccc3C(F)(F)F)c3n(c2=O)C(C(N=O)c2ccco2)CS3)c1F. The van der Waals surface area contributed by atoms with Crippen LogP contribution in [-0.4, -0.2) is 17.4 Å². The van der Waals surface area contributed by atoms with Gasteiger partial charge in [0.25, 0.3) is 5.56 Å². The topological polar surface area (TPSA) is 73.8 Å². The second-order valence-electron chi connectivity index (χ2n) is 9.17. The van der Waals surface area contributed by atoms with E-state index in [1.807, 2.05) is 0 Å². The molecule has 40 heavy (non-hydrogen) atoms. The van der Waals surface area contributed by atoms with Gasteiger partial charge in [-0.3, -0.25) is 9.36 Å². The fraction of sp³-hybridized carbons (Fsp3) is 0.250. The predicted octanol–water partition coefficient (Wildman–Crippen LogP) is 7.47. The van der Waals surface area contributed by atoms with Crippen molar-refractivity contribution in [3.63, 3.8) is 0 Å². The van der Waals surface area contributed by atoms with Crippen molar-refractivity contribution in [2.75, 3.05) is 12.9 Å². The third-order valence-corrected chi connectivity index (χ3v) is 8.23. The number of ether oxygens (including phenoxy) is 1. The molecule has 0 amide bonds. The third kappa shape index (κ3) is 4.59. The largest absolute Gasteiger partial charge is 0.494 e. The molecule has 2 unspecified atom stereocenters. The summed E-state index contributed by atoms with van der Waals surface area (Å²) >= 11 is 1.13. The van der Waals surface area contributed by atoms with Crippen molar-refractivity contribution >= 4 is 11.8 Å². The van der Waals surface area contributed by atoms with E-state index in [-0.39, 0.29) is 44.5 Å². The minimum atomic E-state index is -4.84. The molecule has 5 rings (SSSR count). The summed E-state index contributed by atoms with van der Waals surface area (Å²) in [6, 6.07) is 7.88. The number of hydrogen-bond donors (Lipinski definition) is 0. The van der Waals surface area contributed by atoms with Crippen LogP contribution in [0.4, 0.5) is 22.0 Å². The molecule has 0 fully saturated rings. The molecule has 2 aromatic heterocycles. The Balaban J connectivity index is 1.81. The Morgan fingerprint density at radius 1 is 1.12 bits per heavy atom. The van der Waals surface area contributed by atoms with Crippen LogP contribution in [0.2, 0.25) is 0 Å². The van der Waals surface area contributed by atoms with Crippen LogP contribution in [0.25, 0.3) is 11.1 Å². The van der Waals surface area contributed by atoms with E-state index in [1.54, 1.807) is 6.07 Å². The first-order valence-electron chi connectivity index (χ1n) is 12.0. The Kier molecular flexibility index (Phi) is 7.30. The molecule has 0 saturated heterocycles. The maximum atomic E-state index is 15.5. The summed E-state index contributed by atoms with van der Waals surface area (Å²) in [6.07, 6.45) is -4.04. The van der Waals surface area contributed by atoms with Crippen molar-refractivity contribution < 1.29 is 31.1 Å². The van der Waals surface area contributed by atoms with Crippen LogP contribution in [-0.2, 0) is 12.6 Å². The molecule has 6 nitrogen and oxygen atoms in total. The number of alkyl halides is 3. The van der Waals surface area contributed by atoms with Crippen molar-refractivity contribution in [1.82, 2.24) is 4.57 Å². The van der Waals surface area contributed by atoms with Gasteiger partial charge in [0.1, 0.15) is 11.6 Å². The van der Waals surface area contributed by atoms with Gasteiger partial charge >= 0.3 is 6.18 Å². The zero-order chi connectivity index (χ0) is 28.8. The molecule has 0 spiro atoms. The number of fused-ring (bicyclic) bond motifs is 1. The number of pyridine rings is 1. The first-order chi connectivity index (χ1) is 19.1. The number of halogens is 5. The van der Waals surface area contributed by atoms with Gasteiger partial charge in [-0.2, -0.15) is 13.2 Å². The van der Waals surface area contributed by atoms with E-state index in [0.717, 1.165) is 30.0 Å². The Hall–Kier alpha value is -3.93. The Morgan fingerprint density at radius 3 is 2.52 bits per heavy atom. The average molecular weight is 577 g/mol. The fourth-order valence-electron chi connectivity index (χ4n) is 5.10. The highest BCUT2D eigenvalue weighted by molar-refractivity contribution is 7.99. The number of nitroso groups, excluding NO2 is 1. The van der Waals surface area contributed by atoms with Crippen molar-refractivity contribution in [2.45, 2.75) is 36.6 Å². The van der Waals surface area contributed by atoms with E-state index >= 15 is 4.39 Å². The van der Waals surface area contributed by atoms with Gasteiger partial charge in [0.2, 0.25) is 0 Å². The lowest BCUT2D eigenvalue weighted by atomic mass is 9.92. The van der Waals surface area contributed by atoms with Crippen molar-refractivity contribution in [3.8, 4) is 16.9 Å². The lowest BCUT2D eigenvalue weighted by Crippen LogP contribution is -2.30. The standard InChI is InChI=1S/C28H21F5N2O4S/c1-14-16(12-17-18(28(31,32)33)7-4-8-19(17)29)27-35(20(13-40-27)25(34-37)22-10-5-11-39-22)26(36)23(14)15-6-3-9-21(38-2)24(15)30/h3-11,20,25H,12-13H2,1-2H3. The van der Waals surface area contributed by atoms with Crippen LogP contribution in [0.1, 0.15) is 40.1 Å². The van der Waals surface area contributed by atoms with Gasteiger partial charge < -0.3 is 9.15 Å². The van der Waals surface area contributed by atoms with Crippen LogP contribution in [0.15, 0.2) is 74.2 Å². The molecule has 0 saturated carbocycles. The highest BCUT2D eigenvalue weighted by atomic mass is 32.2. The minimum absolute atomic E-state index is 0.142. The van der Waals surface area contributed by atoms with Crippen LogP contribution in [0.3, 0.4) is 0 Å². The van der Waals surface area contributed by atoms with Gasteiger partial charge in [0, 0.05) is 23.3 Å². The normalized spacial score (nSPS) is 15.6. The first-order valence-corrected chi connectivity index (χ1v) is 13.0. The molecular weight excluding hydrogens is 555 g/mol. The molecule has 4 aromatic rings. The van der Waals surface area contributed by atoms with Crippen molar-refractivity contribution in [2.24, 2.45) is 5.18 Å². The van der Waals surface area contributed by atoms with Gasteiger partial charge in [0.15, 0.2) is 17.6 Å². The van der Waals surface area contributed by atoms with Crippen molar-refractivity contribution in [1.29, 1.82) is 0 Å². The predicted molar refractivity (Wildman–Crippen MR) is 139 cm³/mol. The van der Waals surface area contributed by atoms with Gasteiger partial charge in [-0.1, -0.05) is 23.4 Å². The van der Waals surface area contributed by atoms with E-state index in [0.29, 0.717) is 0 Å². The summed E-state index contributed by atoms with van der Waals surface area (Å²) in [5.74, 6) is -1.74. The lowest BCUT2D eigenvalue weighted by molar-refractivity contribution is -0.138. The molecular formula is C28H21F5N2O4S. The highest BCUT2D eigenvalue weighted by Crippen LogP contribution is 2.46. The molecule has 3 heterocycles. The molecule has 208 valence electrons. The van der Waals surface area contributed by atoms with Gasteiger partial charge in [0.05, 0.1) is 35.6 Å². The van der Waals surface area contributed by atoms with Gasteiger partial charge in [-0.15, -0.1) is 16.7 Å². The molecule has 2 aromatic carbocycles. The highest BCUT2D eigenvalue weighted by Gasteiger charge is 2.40. The van der Waals surface area contributed by atoms with Gasteiger partial charge in [-0.25, -0.2) is 8.78 Å². The molecule has 12 heteroatoms. The van der Waals surface area contributed by atoms with Crippen LogP contribution in [0, 0.1) is 23.5 Å². The van der Waals surface area contributed by atoms with Gasteiger partial charge in [-0.05, 0) is 48.4 Å². The summed E-state index contributed by atoms with van der Waals surface area (Å²) in [6.45, 7) is 1.48. The quantitative estimate of drug-likeness (QED) is 0.169. The van der Waals surface area contributed by atoms with Crippen molar-refractivity contribution in [3.05, 3.63) is 110 Å². The number of nitrogens with zero attached hydrogens (tertiary/aromatic N) is 2. The second-order valence-corrected chi connectivity index (χ2v) is 10.2. The van der Waals surface area contributed by atoms with E-state index in [2.05, 4.69) is 5.18 Å². The zero-order valence-corrected chi connectivity index (χ0v) is 21.9. The summed E-state index contributed by atoms with van der Waals surface area (Å²) in [5.41, 5.74) is -2.36. The van der Waals surface area contributed by atoms with Crippen LogP contribution < -0.4 is 10.3 Å². The Labute approximate surface area is 228 Å². The summed E-state index contributed by atoms with van der Waals surface area (Å²) < 4.78 is 83.7. The van der Waals surface area contributed by atoms with Crippen LogP contribution in [0.5, 0.6) is 5.75 Å².